The third kappa shape index (κ3) is 5.96. The van der Waals surface area contributed by atoms with Crippen molar-refractivity contribution in [1.82, 2.24) is 4.90 Å². The molecule has 0 heterocycles. The maximum absolute atomic E-state index is 10.9. The van der Waals surface area contributed by atoms with Crippen LogP contribution in [0.25, 0.3) is 0 Å². The van der Waals surface area contributed by atoms with Crippen LogP contribution in [-0.4, -0.2) is 41.8 Å². The zero-order chi connectivity index (χ0) is 11.0. The summed E-state index contributed by atoms with van der Waals surface area (Å²) in [5, 5.41) is 8.15. The molecule has 0 saturated carbocycles. The molecule has 14 heavy (non-hydrogen) atoms. The van der Waals surface area contributed by atoms with Crippen molar-refractivity contribution in [2.75, 3.05) is 19.6 Å². The van der Waals surface area contributed by atoms with E-state index in [9.17, 15) is 9.59 Å². The lowest BCUT2D eigenvalue weighted by Crippen LogP contribution is -2.32. The molecule has 0 saturated heterocycles. The highest BCUT2D eigenvalue weighted by Gasteiger charge is 2.12. The Morgan fingerprint density at radius 3 is 2.14 bits per heavy atom. The predicted molar refractivity (Wildman–Crippen MR) is 51.0 cm³/mol. The van der Waals surface area contributed by atoms with Gasteiger partial charge in [0.25, 0.3) is 0 Å². The smallest absolute Gasteiger partial charge is 0.449 e. The normalized spacial score (nSPS) is 9.50. The molecule has 5 nitrogen and oxygen atoms in total. The van der Waals surface area contributed by atoms with Crippen molar-refractivity contribution in [3.05, 3.63) is 25.3 Å². The Morgan fingerprint density at radius 2 is 1.79 bits per heavy atom. The Morgan fingerprint density at radius 1 is 1.29 bits per heavy atom. The van der Waals surface area contributed by atoms with Crippen LogP contribution < -0.4 is 0 Å². The van der Waals surface area contributed by atoms with Gasteiger partial charge in [-0.1, -0.05) is 12.2 Å². The molecule has 0 atom stereocenters. The number of carbonyl (C=O) groups excluding carboxylic acids is 1. The lowest BCUT2D eigenvalue weighted by Gasteiger charge is -2.16. The van der Waals surface area contributed by atoms with Gasteiger partial charge in [-0.3, -0.25) is 9.69 Å². The van der Waals surface area contributed by atoms with E-state index in [1.165, 1.54) is 0 Å². The molecule has 0 aromatic carbocycles. The van der Waals surface area contributed by atoms with E-state index < -0.39 is 12.1 Å². The number of ether oxygens (including phenoxy) is 1. The first-order valence-corrected chi connectivity index (χ1v) is 3.98. The molecule has 0 aromatic rings. The third-order valence-corrected chi connectivity index (χ3v) is 1.33. The zero-order valence-electron chi connectivity index (χ0n) is 7.81. The van der Waals surface area contributed by atoms with Gasteiger partial charge in [0.15, 0.2) is 0 Å². The second-order valence-corrected chi connectivity index (χ2v) is 2.51. The van der Waals surface area contributed by atoms with E-state index in [0.717, 1.165) is 0 Å². The number of carboxylic acid groups (broad SMARTS) is 1. The molecule has 0 spiro atoms. The van der Waals surface area contributed by atoms with Gasteiger partial charge in [-0.25, -0.2) is 4.79 Å². The highest BCUT2D eigenvalue weighted by atomic mass is 16.7. The fourth-order valence-corrected chi connectivity index (χ4v) is 0.881. The summed E-state index contributed by atoms with van der Waals surface area (Å²) in [6.07, 6.45) is 1.63. The number of nitrogens with zero attached hydrogens (tertiary/aromatic N) is 1. The number of hydrogen-bond donors (Lipinski definition) is 1. The predicted octanol–water partition coefficient (Wildman–Crippen LogP) is 0.882. The first-order chi connectivity index (χ1) is 6.60. The number of carbonyl (C=O) groups is 2. The first kappa shape index (κ1) is 12.4. The maximum Gasteiger partial charge on any atom is 0.513 e. The van der Waals surface area contributed by atoms with E-state index in [1.54, 1.807) is 17.1 Å². The van der Waals surface area contributed by atoms with Gasteiger partial charge in [-0.15, -0.1) is 13.2 Å². The standard InChI is InChI=1S/C9H13NO4/c1-3-5-10(6-4-2)7-8(11)14-9(12)13/h3-4H,1-2,5-7H2,(H,12,13). The van der Waals surface area contributed by atoms with Crippen LogP contribution >= 0.6 is 0 Å². The monoisotopic (exact) mass is 199 g/mol. The van der Waals surface area contributed by atoms with Gasteiger partial charge in [0.05, 0.1) is 6.54 Å². The van der Waals surface area contributed by atoms with E-state index in [0.29, 0.717) is 13.1 Å². The van der Waals surface area contributed by atoms with Gasteiger partial charge >= 0.3 is 12.1 Å². The summed E-state index contributed by atoms with van der Waals surface area (Å²) in [6.45, 7) is 7.87. The minimum Gasteiger partial charge on any atom is -0.449 e. The Labute approximate surface area is 82.3 Å². The summed E-state index contributed by atoms with van der Waals surface area (Å²) >= 11 is 0. The summed E-state index contributed by atoms with van der Waals surface area (Å²) in [5.41, 5.74) is 0. The highest BCUT2D eigenvalue weighted by molar-refractivity contribution is 5.82. The van der Waals surface area contributed by atoms with Crippen LogP contribution in [0, 0.1) is 0 Å². The lowest BCUT2D eigenvalue weighted by molar-refractivity contribution is -0.140. The van der Waals surface area contributed by atoms with Crippen molar-refractivity contribution in [2.24, 2.45) is 0 Å². The van der Waals surface area contributed by atoms with Gasteiger partial charge in [0.1, 0.15) is 0 Å². The lowest BCUT2D eigenvalue weighted by atomic mass is 10.4. The van der Waals surface area contributed by atoms with Gasteiger partial charge in [-0.2, -0.15) is 0 Å². The van der Waals surface area contributed by atoms with Crippen molar-refractivity contribution in [2.45, 2.75) is 0 Å². The molecule has 0 amide bonds. The third-order valence-electron chi connectivity index (χ3n) is 1.33. The SMILES string of the molecule is C=CCN(CC=C)CC(=O)OC(=O)O. The van der Waals surface area contributed by atoms with Crippen LogP contribution in [0.3, 0.4) is 0 Å². The Kier molecular flexibility index (Phi) is 6.06. The number of rotatable bonds is 6. The molecular weight excluding hydrogens is 186 g/mol. The van der Waals surface area contributed by atoms with E-state index in [2.05, 4.69) is 17.9 Å². The van der Waals surface area contributed by atoms with Gasteiger partial charge in [0, 0.05) is 13.1 Å². The van der Waals surface area contributed by atoms with Crippen LogP contribution in [0.5, 0.6) is 0 Å². The van der Waals surface area contributed by atoms with Crippen LogP contribution in [0.4, 0.5) is 4.79 Å². The first-order valence-electron chi connectivity index (χ1n) is 3.98. The molecule has 1 N–H and O–H groups in total. The average Bonchev–Trinajstić information content (AvgIpc) is 2.03. The molecule has 78 valence electrons. The molecule has 0 aliphatic rings. The largest absolute Gasteiger partial charge is 0.513 e. The molecule has 0 rings (SSSR count). The van der Waals surface area contributed by atoms with Gasteiger partial charge in [-0.05, 0) is 0 Å². The minimum absolute atomic E-state index is 0.0929. The van der Waals surface area contributed by atoms with Crippen LogP contribution in [0.2, 0.25) is 0 Å². The summed E-state index contributed by atoms with van der Waals surface area (Å²) in [5.74, 6) is -0.804. The molecule has 0 fully saturated rings. The second-order valence-electron chi connectivity index (χ2n) is 2.51. The van der Waals surface area contributed by atoms with Crippen molar-refractivity contribution < 1.29 is 19.4 Å². The molecule has 0 bridgehead atoms. The summed E-state index contributed by atoms with van der Waals surface area (Å²) < 4.78 is 3.94. The Balaban J connectivity index is 4.00. The van der Waals surface area contributed by atoms with Crippen molar-refractivity contribution in [3.63, 3.8) is 0 Å². The second kappa shape index (κ2) is 6.85. The van der Waals surface area contributed by atoms with Crippen molar-refractivity contribution in [1.29, 1.82) is 0 Å². The molecule has 5 heteroatoms. The molecule has 0 aromatic heterocycles. The Bertz CT molecular complexity index is 227. The number of esters is 1. The molecule has 0 unspecified atom stereocenters. The fourth-order valence-electron chi connectivity index (χ4n) is 0.881. The minimum atomic E-state index is -1.59. The zero-order valence-corrected chi connectivity index (χ0v) is 7.81. The van der Waals surface area contributed by atoms with E-state index in [1.807, 2.05) is 0 Å². The van der Waals surface area contributed by atoms with Gasteiger partial charge < -0.3 is 9.84 Å². The number of hydrogen-bond acceptors (Lipinski definition) is 4. The van der Waals surface area contributed by atoms with E-state index >= 15 is 0 Å². The van der Waals surface area contributed by atoms with Crippen LogP contribution in [-0.2, 0) is 9.53 Å². The van der Waals surface area contributed by atoms with Gasteiger partial charge in [0.2, 0.25) is 0 Å². The topological polar surface area (TPSA) is 66.8 Å². The van der Waals surface area contributed by atoms with Crippen LogP contribution in [0.15, 0.2) is 25.3 Å². The quantitative estimate of drug-likeness (QED) is 0.391. The van der Waals surface area contributed by atoms with Crippen LogP contribution in [0.1, 0.15) is 0 Å². The maximum atomic E-state index is 10.9. The summed E-state index contributed by atoms with van der Waals surface area (Å²) in [4.78, 5) is 22.5. The highest BCUT2D eigenvalue weighted by Crippen LogP contribution is 1.91. The molecule has 0 aliphatic carbocycles. The fraction of sp³-hybridized carbons (Fsp3) is 0.333. The molecular formula is C9H13NO4. The summed E-state index contributed by atoms with van der Waals surface area (Å²) in [6, 6.07) is 0. The van der Waals surface area contributed by atoms with Crippen molar-refractivity contribution >= 4 is 12.1 Å². The average molecular weight is 199 g/mol. The Hall–Kier alpha value is -1.62. The van der Waals surface area contributed by atoms with E-state index in [4.69, 9.17) is 5.11 Å². The van der Waals surface area contributed by atoms with Crippen molar-refractivity contribution in [3.8, 4) is 0 Å². The van der Waals surface area contributed by atoms with E-state index in [-0.39, 0.29) is 6.54 Å². The summed E-state index contributed by atoms with van der Waals surface area (Å²) in [7, 11) is 0. The molecule has 0 radical (unpaired) electrons. The molecule has 0 aliphatic heterocycles.